The Hall–Kier alpha value is -3.13. The molecule has 0 saturated carbocycles. The van der Waals surface area contributed by atoms with Gasteiger partial charge in [-0.1, -0.05) is 18.2 Å². The smallest absolute Gasteiger partial charge is 0.293 e. The molecule has 28 heavy (non-hydrogen) atoms. The van der Waals surface area contributed by atoms with Crippen LogP contribution in [0.2, 0.25) is 0 Å². The molecule has 3 amide bonds. The third-order valence-corrected chi connectivity index (χ3v) is 4.90. The zero-order valence-corrected chi connectivity index (χ0v) is 15.8. The number of hydrogen-bond acceptors (Lipinski definition) is 5. The lowest BCUT2D eigenvalue weighted by molar-refractivity contribution is -0.122. The lowest BCUT2D eigenvalue weighted by atomic mass is 10.2. The molecular weight excluding hydrogens is 383 g/mol. The zero-order valence-electron chi connectivity index (χ0n) is 15.0. The van der Waals surface area contributed by atoms with E-state index < -0.39 is 22.9 Å². The van der Waals surface area contributed by atoms with Gasteiger partial charge < -0.3 is 10.1 Å². The van der Waals surface area contributed by atoms with Crippen molar-refractivity contribution < 1.29 is 23.5 Å². The summed E-state index contributed by atoms with van der Waals surface area (Å²) < 4.78 is 18.3. The highest BCUT2D eigenvalue weighted by molar-refractivity contribution is 8.18. The van der Waals surface area contributed by atoms with E-state index in [1.807, 2.05) is 0 Å². The summed E-state index contributed by atoms with van der Waals surface area (Å²) in [7, 11) is 1.56. The number of halogens is 1. The van der Waals surface area contributed by atoms with Crippen molar-refractivity contribution in [1.29, 1.82) is 0 Å². The van der Waals surface area contributed by atoms with Crippen molar-refractivity contribution in [1.82, 2.24) is 10.2 Å². The maximum absolute atomic E-state index is 13.2. The van der Waals surface area contributed by atoms with E-state index in [-0.39, 0.29) is 18.7 Å². The fraction of sp³-hybridized carbons (Fsp3) is 0.150. The first-order valence-electron chi connectivity index (χ1n) is 8.41. The molecule has 0 atom stereocenters. The lowest BCUT2D eigenvalue weighted by Crippen LogP contribution is -2.37. The molecule has 1 N–H and O–H groups in total. The first kappa shape index (κ1) is 19.6. The van der Waals surface area contributed by atoms with Crippen LogP contribution in [0.1, 0.15) is 15.9 Å². The minimum absolute atomic E-state index is 0.0334. The predicted octanol–water partition coefficient (Wildman–Crippen LogP) is 3.30. The Morgan fingerprint density at radius 3 is 2.64 bits per heavy atom. The number of carbonyl (C=O) groups is 3. The summed E-state index contributed by atoms with van der Waals surface area (Å²) in [5.74, 6) is -0.701. The van der Waals surface area contributed by atoms with Crippen LogP contribution in [0.3, 0.4) is 0 Å². The van der Waals surface area contributed by atoms with Gasteiger partial charge in [-0.3, -0.25) is 19.3 Å². The van der Waals surface area contributed by atoms with Crippen LogP contribution in [0.25, 0.3) is 6.08 Å². The van der Waals surface area contributed by atoms with Crippen molar-refractivity contribution in [3.8, 4) is 5.75 Å². The van der Waals surface area contributed by atoms with Gasteiger partial charge in [0, 0.05) is 18.7 Å². The molecule has 1 aliphatic heterocycles. The fourth-order valence-corrected chi connectivity index (χ4v) is 3.42. The Morgan fingerprint density at radius 2 is 1.96 bits per heavy atom. The molecule has 144 valence electrons. The van der Waals surface area contributed by atoms with Gasteiger partial charge in [0.1, 0.15) is 11.6 Å². The van der Waals surface area contributed by atoms with Crippen LogP contribution in [-0.2, 0) is 4.79 Å². The number of methoxy groups -OCH3 is 1. The van der Waals surface area contributed by atoms with Gasteiger partial charge in [-0.2, -0.15) is 0 Å². The van der Waals surface area contributed by atoms with Gasteiger partial charge in [-0.15, -0.1) is 0 Å². The first-order valence-corrected chi connectivity index (χ1v) is 9.23. The number of imide groups is 1. The third kappa shape index (κ3) is 4.58. The normalized spacial score (nSPS) is 15.2. The van der Waals surface area contributed by atoms with E-state index in [4.69, 9.17) is 4.74 Å². The molecule has 8 heteroatoms. The largest absolute Gasteiger partial charge is 0.497 e. The van der Waals surface area contributed by atoms with Crippen LogP contribution >= 0.6 is 11.8 Å². The van der Waals surface area contributed by atoms with Crippen molar-refractivity contribution in [2.24, 2.45) is 0 Å². The second kappa shape index (κ2) is 8.71. The van der Waals surface area contributed by atoms with Gasteiger partial charge in [-0.25, -0.2) is 4.39 Å². The summed E-state index contributed by atoms with van der Waals surface area (Å²) >= 11 is 0.849. The van der Waals surface area contributed by atoms with E-state index >= 15 is 0 Å². The zero-order chi connectivity index (χ0) is 20.1. The van der Waals surface area contributed by atoms with Crippen LogP contribution in [0, 0.1) is 5.82 Å². The monoisotopic (exact) mass is 400 g/mol. The molecule has 1 heterocycles. The molecule has 0 bridgehead atoms. The SMILES string of the molecule is COc1ccc(/C=C2\SC(=O)N(CCNC(=O)c3cccc(F)c3)C2=O)cc1. The topological polar surface area (TPSA) is 75.7 Å². The summed E-state index contributed by atoms with van der Waals surface area (Å²) in [5, 5.41) is 2.18. The summed E-state index contributed by atoms with van der Waals surface area (Å²) in [6.07, 6.45) is 1.63. The lowest BCUT2D eigenvalue weighted by Gasteiger charge is -2.13. The number of benzene rings is 2. The van der Waals surface area contributed by atoms with E-state index in [0.717, 1.165) is 28.3 Å². The van der Waals surface area contributed by atoms with E-state index in [0.29, 0.717) is 10.7 Å². The molecule has 0 spiro atoms. The first-order chi connectivity index (χ1) is 13.5. The summed E-state index contributed by atoms with van der Waals surface area (Å²) in [6.45, 7) is 0.106. The van der Waals surface area contributed by atoms with Crippen LogP contribution < -0.4 is 10.1 Å². The van der Waals surface area contributed by atoms with Crippen LogP contribution in [0.4, 0.5) is 9.18 Å². The number of amides is 3. The average Bonchev–Trinajstić information content (AvgIpc) is 2.95. The molecule has 0 aliphatic carbocycles. The van der Waals surface area contributed by atoms with Crippen LogP contribution in [0.15, 0.2) is 53.4 Å². The number of carbonyl (C=O) groups excluding carboxylic acids is 3. The Morgan fingerprint density at radius 1 is 1.21 bits per heavy atom. The highest BCUT2D eigenvalue weighted by Gasteiger charge is 2.34. The van der Waals surface area contributed by atoms with Crippen molar-refractivity contribution >= 4 is 34.9 Å². The number of thioether (sulfide) groups is 1. The summed E-state index contributed by atoms with van der Waals surface area (Å²) in [6, 6.07) is 12.4. The molecule has 2 aromatic carbocycles. The van der Waals surface area contributed by atoms with E-state index in [2.05, 4.69) is 5.32 Å². The van der Waals surface area contributed by atoms with Crippen LogP contribution in [0.5, 0.6) is 5.75 Å². The number of nitrogens with one attached hydrogen (secondary N) is 1. The molecular formula is C20H17FN2O4S. The van der Waals surface area contributed by atoms with Crippen molar-refractivity contribution in [3.05, 3.63) is 70.4 Å². The number of ether oxygens (including phenoxy) is 1. The fourth-order valence-electron chi connectivity index (χ4n) is 2.56. The second-order valence-corrected chi connectivity index (χ2v) is 6.87. The number of rotatable bonds is 6. The Kier molecular flexibility index (Phi) is 6.10. The Labute approximate surface area is 165 Å². The summed E-state index contributed by atoms with van der Waals surface area (Å²) in [4.78, 5) is 38.0. The van der Waals surface area contributed by atoms with Gasteiger partial charge in [0.2, 0.25) is 0 Å². The molecule has 0 unspecified atom stereocenters. The molecule has 6 nitrogen and oxygen atoms in total. The van der Waals surface area contributed by atoms with Crippen molar-refractivity contribution in [3.63, 3.8) is 0 Å². The highest BCUT2D eigenvalue weighted by atomic mass is 32.2. The number of nitrogens with zero attached hydrogens (tertiary/aromatic N) is 1. The van der Waals surface area contributed by atoms with Gasteiger partial charge in [0.25, 0.3) is 17.1 Å². The maximum atomic E-state index is 13.2. The summed E-state index contributed by atoms with van der Waals surface area (Å²) in [5.41, 5.74) is 0.944. The Balaban J connectivity index is 1.59. The standard InChI is InChI=1S/C20H17FN2O4S/c1-27-16-7-5-13(6-8-16)11-17-19(25)23(20(26)28-17)10-9-22-18(24)14-3-2-4-15(21)12-14/h2-8,11-12H,9-10H2,1H3,(H,22,24)/b17-11-. The van der Waals surface area contributed by atoms with Gasteiger partial charge in [-0.05, 0) is 53.7 Å². The quantitative estimate of drug-likeness (QED) is 0.753. The minimum atomic E-state index is -0.512. The highest BCUT2D eigenvalue weighted by Crippen LogP contribution is 2.32. The van der Waals surface area contributed by atoms with E-state index in [9.17, 15) is 18.8 Å². The molecule has 3 rings (SSSR count). The predicted molar refractivity (Wildman–Crippen MR) is 104 cm³/mol. The van der Waals surface area contributed by atoms with Crippen LogP contribution in [-0.4, -0.2) is 42.2 Å². The minimum Gasteiger partial charge on any atom is -0.497 e. The van der Waals surface area contributed by atoms with Gasteiger partial charge >= 0.3 is 0 Å². The number of hydrogen-bond donors (Lipinski definition) is 1. The molecule has 0 aromatic heterocycles. The molecule has 1 saturated heterocycles. The van der Waals surface area contributed by atoms with Gasteiger partial charge in [0.05, 0.1) is 12.0 Å². The molecule has 2 aromatic rings. The van der Waals surface area contributed by atoms with Gasteiger partial charge in [0.15, 0.2) is 0 Å². The van der Waals surface area contributed by atoms with Crippen molar-refractivity contribution in [2.75, 3.05) is 20.2 Å². The van der Waals surface area contributed by atoms with E-state index in [1.165, 1.54) is 18.2 Å². The second-order valence-electron chi connectivity index (χ2n) is 5.87. The Bertz CT molecular complexity index is 943. The van der Waals surface area contributed by atoms with Crippen molar-refractivity contribution in [2.45, 2.75) is 0 Å². The molecule has 1 aliphatic rings. The maximum Gasteiger partial charge on any atom is 0.293 e. The third-order valence-electron chi connectivity index (χ3n) is 3.99. The molecule has 0 radical (unpaired) electrons. The average molecular weight is 400 g/mol. The molecule has 1 fully saturated rings. The van der Waals surface area contributed by atoms with E-state index in [1.54, 1.807) is 37.5 Å².